The molecule has 0 saturated carbocycles. The van der Waals surface area contributed by atoms with E-state index in [1.807, 2.05) is 32.9 Å². The highest BCUT2D eigenvalue weighted by molar-refractivity contribution is 5.92. The average Bonchev–Trinajstić information content (AvgIpc) is 2.86. The Morgan fingerprint density at radius 2 is 1.95 bits per heavy atom. The van der Waals surface area contributed by atoms with E-state index in [2.05, 4.69) is 10.3 Å². The topological polar surface area (TPSA) is 90.1 Å². The minimum Gasteiger partial charge on any atom is -0.358 e. The number of hydrogen-bond acceptors (Lipinski definition) is 4. The lowest BCUT2D eigenvalue weighted by molar-refractivity contribution is -0.390. The van der Waals surface area contributed by atoms with Crippen LogP contribution in [0.5, 0.6) is 0 Å². The van der Waals surface area contributed by atoms with Gasteiger partial charge in [0, 0.05) is 11.6 Å². The summed E-state index contributed by atoms with van der Waals surface area (Å²) < 4.78 is 1.00. The molecule has 1 N–H and O–H groups in total. The monoisotopic (exact) mass is 288 g/mol. The number of aromatic nitrogens is 2. The van der Waals surface area contributed by atoms with Gasteiger partial charge in [-0.2, -0.15) is 0 Å². The zero-order valence-corrected chi connectivity index (χ0v) is 12.0. The van der Waals surface area contributed by atoms with E-state index in [0.717, 1.165) is 16.3 Å². The van der Waals surface area contributed by atoms with Crippen molar-refractivity contribution in [2.75, 3.05) is 5.32 Å². The predicted molar refractivity (Wildman–Crippen MR) is 78.6 cm³/mol. The van der Waals surface area contributed by atoms with Gasteiger partial charge >= 0.3 is 11.8 Å². The lowest BCUT2D eigenvalue weighted by Crippen LogP contribution is -2.23. The Morgan fingerprint density at radius 3 is 2.48 bits per heavy atom. The first-order valence-electron chi connectivity index (χ1n) is 6.50. The number of nitro groups is 1. The Balaban J connectivity index is 2.35. The van der Waals surface area contributed by atoms with Crippen LogP contribution in [0.3, 0.4) is 0 Å². The molecule has 0 saturated heterocycles. The lowest BCUT2D eigenvalue weighted by Gasteiger charge is -2.07. The van der Waals surface area contributed by atoms with E-state index in [9.17, 15) is 14.9 Å². The molecule has 1 aromatic heterocycles. The molecule has 1 amide bonds. The summed E-state index contributed by atoms with van der Waals surface area (Å²) >= 11 is 0. The van der Waals surface area contributed by atoms with Gasteiger partial charge in [-0.15, -0.1) is 4.57 Å². The number of imidazole rings is 1. The maximum atomic E-state index is 12.3. The van der Waals surface area contributed by atoms with E-state index in [0.29, 0.717) is 11.5 Å². The number of carbonyl (C=O) groups excluding carboxylic acids is 1. The minimum atomic E-state index is -0.617. The first-order valence-corrected chi connectivity index (χ1v) is 6.50. The van der Waals surface area contributed by atoms with Crippen LogP contribution in [-0.4, -0.2) is 20.5 Å². The van der Waals surface area contributed by atoms with Crippen molar-refractivity contribution in [2.45, 2.75) is 26.7 Å². The standard InChI is InChI=1S/C14H16N4O3/c1-9(2)13-15-8-12(18(20)21)17(13)14(19)16-11-6-4-10(3)5-7-11/h4-9H,1-3H3,(H,16,19). The third kappa shape index (κ3) is 3.07. The smallest absolute Gasteiger partial charge is 0.358 e. The van der Waals surface area contributed by atoms with E-state index in [1.165, 1.54) is 0 Å². The molecule has 0 radical (unpaired) electrons. The second kappa shape index (κ2) is 5.74. The van der Waals surface area contributed by atoms with E-state index in [1.54, 1.807) is 12.1 Å². The fraction of sp³-hybridized carbons (Fsp3) is 0.286. The van der Waals surface area contributed by atoms with Crippen LogP contribution < -0.4 is 5.32 Å². The highest BCUT2D eigenvalue weighted by Crippen LogP contribution is 2.21. The van der Waals surface area contributed by atoms with Crippen molar-refractivity contribution in [3.05, 3.63) is 52.0 Å². The minimum absolute atomic E-state index is 0.109. The van der Waals surface area contributed by atoms with Crippen LogP contribution in [-0.2, 0) is 0 Å². The number of nitrogens with zero attached hydrogens (tertiary/aromatic N) is 3. The molecule has 7 nitrogen and oxygen atoms in total. The molecular weight excluding hydrogens is 272 g/mol. The van der Waals surface area contributed by atoms with E-state index in [-0.39, 0.29) is 11.7 Å². The molecule has 1 aromatic carbocycles. The molecule has 0 aliphatic carbocycles. The highest BCUT2D eigenvalue weighted by atomic mass is 16.6. The lowest BCUT2D eigenvalue weighted by atomic mass is 10.2. The summed E-state index contributed by atoms with van der Waals surface area (Å²) in [6.07, 6.45) is 1.10. The van der Waals surface area contributed by atoms with Gasteiger partial charge in [0.1, 0.15) is 6.20 Å². The summed E-state index contributed by atoms with van der Waals surface area (Å²) in [5.74, 6) is -0.0999. The second-order valence-electron chi connectivity index (χ2n) is 5.02. The van der Waals surface area contributed by atoms with Crippen LogP contribution in [0.15, 0.2) is 30.5 Å². The van der Waals surface area contributed by atoms with Gasteiger partial charge in [-0.25, -0.2) is 9.78 Å². The summed E-state index contributed by atoms with van der Waals surface area (Å²) in [6.45, 7) is 5.58. The average molecular weight is 288 g/mol. The van der Waals surface area contributed by atoms with Crippen LogP contribution in [0.25, 0.3) is 0 Å². The number of nitrogens with one attached hydrogen (secondary N) is 1. The Kier molecular flexibility index (Phi) is 4.02. The van der Waals surface area contributed by atoms with Crippen molar-refractivity contribution < 1.29 is 9.72 Å². The molecule has 0 atom stereocenters. The van der Waals surface area contributed by atoms with Crippen molar-refractivity contribution in [1.82, 2.24) is 9.55 Å². The summed E-state index contributed by atoms with van der Waals surface area (Å²) in [5.41, 5.74) is 1.63. The quantitative estimate of drug-likeness (QED) is 0.693. The number of amides is 1. The summed E-state index contributed by atoms with van der Waals surface area (Å²) in [7, 11) is 0. The van der Waals surface area contributed by atoms with Gasteiger partial charge in [0.15, 0.2) is 0 Å². The Morgan fingerprint density at radius 1 is 1.33 bits per heavy atom. The predicted octanol–water partition coefficient (Wildman–Crippen LogP) is 3.30. The van der Waals surface area contributed by atoms with E-state index in [4.69, 9.17) is 0 Å². The largest absolute Gasteiger partial charge is 0.419 e. The number of benzene rings is 1. The van der Waals surface area contributed by atoms with Gasteiger partial charge in [0.25, 0.3) is 0 Å². The number of aryl methyl sites for hydroxylation is 1. The van der Waals surface area contributed by atoms with Crippen LogP contribution in [0.4, 0.5) is 16.3 Å². The summed E-state index contributed by atoms with van der Waals surface area (Å²) in [6, 6.07) is 6.59. The third-order valence-electron chi connectivity index (χ3n) is 2.98. The zero-order valence-electron chi connectivity index (χ0n) is 12.0. The van der Waals surface area contributed by atoms with Gasteiger partial charge in [0.05, 0.1) is 0 Å². The number of carbonyl (C=O) groups is 1. The summed E-state index contributed by atoms with van der Waals surface area (Å²) in [5, 5.41) is 13.7. The normalized spacial score (nSPS) is 10.7. The molecule has 0 spiro atoms. The molecule has 0 aliphatic heterocycles. The van der Waals surface area contributed by atoms with Crippen LogP contribution in [0, 0.1) is 17.0 Å². The van der Waals surface area contributed by atoms with Crippen molar-refractivity contribution in [3.63, 3.8) is 0 Å². The van der Waals surface area contributed by atoms with Gasteiger partial charge in [0.2, 0.25) is 5.82 Å². The number of anilines is 1. The van der Waals surface area contributed by atoms with Crippen LogP contribution in [0.2, 0.25) is 0 Å². The molecule has 110 valence electrons. The van der Waals surface area contributed by atoms with E-state index < -0.39 is 11.0 Å². The van der Waals surface area contributed by atoms with Gasteiger partial charge in [-0.1, -0.05) is 31.5 Å². The first kappa shape index (κ1) is 14.7. The Labute approximate surface area is 121 Å². The fourth-order valence-electron chi connectivity index (χ4n) is 1.92. The fourth-order valence-corrected chi connectivity index (χ4v) is 1.92. The molecule has 0 bridgehead atoms. The highest BCUT2D eigenvalue weighted by Gasteiger charge is 2.28. The van der Waals surface area contributed by atoms with Crippen LogP contribution >= 0.6 is 0 Å². The molecule has 1 heterocycles. The molecule has 21 heavy (non-hydrogen) atoms. The molecule has 2 rings (SSSR count). The maximum absolute atomic E-state index is 12.3. The Hall–Kier alpha value is -2.70. The molecule has 7 heteroatoms. The second-order valence-corrected chi connectivity index (χ2v) is 5.02. The first-order chi connectivity index (χ1) is 9.90. The van der Waals surface area contributed by atoms with E-state index >= 15 is 0 Å². The van der Waals surface area contributed by atoms with Crippen LogP contribution in [0.1, 0.15) is 31.2 Å². The van der Waals surface area contributed by atoms with Crippen molar-refractivity contribution in [3.8, 4) is 0 Å². The van der Waals surface area contributed by atoms with Gasteiger partial charge < -0.3 is 10.1 Å². The Bertz CT molecular complexity index is 674. The third-order valence-corrected chi connectivity index (χ3v) is 2.98. The summed E-state index contributed by atoms with van der Waals surface area (Å²) in [4.78, 5) is 26.7. The van der Waals surface area contributed by atoms with Crippen molar-refractivity contribution in [2.24, 2.45) is 0 Å². The number of hydrogen-bond donors (Lipinski definition) is 1. The SMILES string of the molecule is Cc1ccc(NC(=O)n2c([N+](=O)[O-])cnc2C(C)C)cc1. The van der Waals surface area contributed by atoms with Gasteiger partial charge in [-0.05, 0) is 24.0 Å². The molecule has 0 unspecified atom stereocenters. The molecule has 0 fully saturated rings. The van der Waals surface area contributed by atoms with Crippen molar-refractivity contribution in [1.29, 1.82) is 0 Å². The van der Waals surface area contributed by atoms with Crippen molar-refractivity contribution >= 4 is 17.5 Å². The zero-order chi connectivity index (χ0) is 15.6. The molecule has 0 aliphatic rings. The number of rotatable bonds is 3. The molecule has 2 aromatic rings. The van der Waals surface area contributed by atoms with Gasteiger partial charge in [-0.3, -0.25) is 5.32 Å². The molecular formula is C14H16N4O3. The maximum Gasteiger partial charge on any atom is 0.419 e.